The Bertz CT molecular complexity index is 428. The van der Waals surface area contributed by atoms with Crippen molar-refractivity contribution in [3.8, 4) is 0 Å². The summed E-state index contributed by atoms with van der Waals surface area (Å²) in [5, 5.41) is 0. The second-order valence-electron chi connectivity index (χ2n) is 3.75. The van der Waals surface area contributed by atoms with Gasteiger partial charge in [-0.05, 0) is 38.0 Å². The molecular formula is C11H16BrNO2S. The smallest absolute Gasteiger partial charge is 0.211 e. The predicted molar refractivity (Wildman–Crippen MR) is 69.9 cm³/mol. The van der Waals surface area contributed by atoms with Gasteiger partial charge in [0, 0.05) is 10.5 Å². The Balaban J connectivity index is 2.58. The molecule has 0 spiro atoms. The molecule has 0 heterocycles. The summed E-state index contributed by atoms with van der Waals surface area (Å²) in [5.74, 6) is 0.123. The van der Waals surface area contributed by atoms with Gasteiger partial charge in [0.15, 0.2) is 0 Å². The molecule has 90 valence electrons. The maximum absolute atomic E-state index is 11.3. The van der Waals surface area contributed by atoms with E-state index in [9.17, 15) is 8.42 Å². The van der Waals surface area contributed by atoms with Crippen molar-refractivity contribution >= 4 is 26.0 Å². The Morgan fingerprint density at radius 2 is 1.88 bits per heavy atom. The number of sulfonamides is 1. The molecule has 0 saturated heterocycles. The quantitative estimate of drug-likeness (QED) is 0.907. The van der Waals surface area contributed by atoms with Crippen LogP contribution in [-0.2, 0) is 16.4 Å². The van der Waals surface area contributed by atoms with Crippen molar-refractivity contribution in [2.45, 2.75) is 26.3 Å². The van der Waals surface area contributed by atoms with E-state index in [1.165, 1.54) is 0 Å². The molecule has 1 N–H and O–H groups in total. The second-order valence-corrected chi connectivity index (χ2v) is 6.71. The molecule has 1 aromatic carbocycles. The third-order valence-electron chi connectivity index (χ3n) is 2.22. The van der Waals surface area contributed by atoms with Crippen molar-refractivity contribution in [3.05, 3.63) is 34.3 Å². The molecule has 1 rings (SSSR count). The summed E-state index contributed by atoms with van der Waals surface area (Å²) in [6.07, 6.45) is 0.701. The molecular weight excluding hydrogens is 290 g/mol. The average molecular weight is 306 g/mol. The van der Waals surface area contributed by atoms with E-state index >= 15 is 0 Å². The number of hydrogen-bond acceptors (Lipinski definition) is 2. The lowest BCUT2D eigenvalue weighted by molar-refractivity contribution is 0.561. The van der Waals surface area contributed by atoms with E-state index in [-0.39, 0.29) is 11.8 Å². The standard InChI is InChI=1S/C11H16BrNO2S/c1-3-16(14,15)13-9(2)8-10-4-6-11(12)7-5-10/h4-7,9,13H,3,8H2,1-2H3. The molecule has 0 bridgehead atoms. The number of benzene rings is 1. The van der Waals surface area contributed by atoms with Crippen molar-refractivity contribution in [2.75, 3.05) is 5.75 Å². The van der Waals surface area contributed by atoms with Gasteiger partial charge in [-0.3, -0.25) is 0 Å². The van der Waals surface area contributed by atoms with E-state index in [1.807, 2.05) is 31.2 Å². The summed E-state index contributed by atoms with van der Waals surface area (Å²) in [6.45, 7) is 3.50. The summed E-state index contributed by atoms with van der Waals surface area (Å²) in [7, 11) is -3.11. The minimum atomic E-state index is -3.11. The van der Waals surface area contributed by atoms with E-state index in [0.717, 1.165) is 10.0 Å². The molecule has 0 aromatic heterocycles. The fraction of sp³-hybridized carbons (Fsp3) is 0.455. The van der Waals surface area contributed by atoms with Crippen LogP contribution in [0.4, 0.5) is 0 Å². The molecule has 1 aromatic rings. The Labute approximate surface area is 105 Å². The fourth-order valence-corrected chi connectivity index (χ4v) is 2.53. The highest BCUT2D eigenvalue weighted by Gasteiger charge is 2.11. The van der Waals surface area contributed by atoms with Crippen molar-refractivity contribution in [1.29, 1.82) is 0 Å². The molecule has 0 aliphatic heterocycles. The Kier molecular flexibility index (Phi) is 4.95. The van der Waals surface area contributed by atoms with Crippen LogP contribution in [0.15, 0.2) is 28.7 Å². The summed E-state index contributed by atoms with van der Waals surface area (Å²) < 4.78 is 26.3. The van der Waals surface area contributed by atoms with Crippen LogP contribution < -0.4 is 4.72 Å². The van der Waals surface area contributed by atoms with Crippen LogP contribution in [0.5, 0.6) is 0 Å². The first-order valence-electron chi connectivity index (χ1n) is 5.17. The summed E-state index contributed by atoms with van der Waals surface area (Å²) >= 11 is 3.36. The number of halogens is 1. The van der Waals surface area contributed by atoms with Crippen LogP contribution in [0.3, 0.4) is 0 Å². The van der Waals surface area contributed by atoms with Crippen LogP contribution in [0, 0.1) is 0 Å². The topological polar surface area (TPSA) is 46.2 Å². The summed E-state index contributed by atoms with van der Waals surface area (Å²) in [6, 6.07) is 7.81. The van der Waals surface area contributed by atoms with E-state index in [1.54, 1.807) is 6.92 Å². The highest BCUT2D eigenvalue weighted by molar-refractivity contribution is 9.10. The van der Waals surface area contributed by atoms with Crippen LogP contribution in [0.25, 0.3) is 0 Å². The minimum absolute atomic E-state index is 0.0777. The minimum Gasteiger partial charge on any atom is -0.212 e. The fourth-order valence-electron chi connectivity index (χ4n) is 1.41. The van der Waals surface area contributed by atoms with E-state index in [0.29, 0.717) is 6.42 Å². The largest absolute Gasteiger partial charge is 0.212 e. The van der Waals surface area contributed by atoms with Crippen molar-refractivity contribution in [1.82, 2.24) is 4.72 Å². The summed E-state index contributed by atoms with van der Waals surface area (Å²) in [4.78, 5) is 0. The van der Waals surface area contributed by atoms with Crippen molar-refractivity contribution in [3.63, 3.8) is 0 Å². The Morgan fingerprint density at radius 1 is 1.31 bits per heavy atom. The lowest BCUT2D eigenvalue weighted by Gasteiger charge is -2.13. The van der Waals surface area contributed by atoms with Gasteiger partial charge in [-0.25, -0.2) is 13.1 Å². The van der Waals surface area contributed by atoms with Gasteiger partial charge in [-0.2, -0.15) is 0 Å². The van der Waals surface area contributed by atoms with Gasteiger partial charge in [0.25, 0.3) is 0 Å². The molecule has 0 amide bonds. The Morgan fingerprint density at radius 3 is 2.38 bits per heavy atom. The first-order valence-corrected chi connectivity index (χ1v) is 7.62. The molecule has 1 atom stereocenters. The van der Waals surface area contributed by atoms with E-state index in [2.05, 4.69) is 20.7 Å². The third kappa shape index (κ3) is 4.63. The molecule has 16 heavy (non-hydrogen) atoms. The zero-order chi connectivity index (χ0) is 12.2. The van der Waals surface area contributed by atoms with Gasteiger partial charge in [0.2, 0.25) is 10.0 Å². The first kappa shape index (κ1) is 13.7. The molecule has 3 nitrogen and oxygen atoms in total. The molecule has 0 aliphatic rings. The van der Waals surface area contributed by atoms with Crippen molar-refractivity contribution < 1.29 is 8.42 Å². The molecule has 0 saturated carbocycles. The van der Waals surface area contributed by atoms with Gasteiger partial charge < -0.3 is 0 Å². The monoisotopic (exact) mass is 305 g/mol. The second kappa shape index (κ2) is 5.80. The highest BCUT2D eigenvalue weighted by atomic mass is 79.9. The Hall–Kier alpha value is -0.390. The number of hydrogen-bond donors (Lipinski definition) is 1. The maximum Gasteiger partial charge on any atom is 0.211 e. The lowest BCUT2D eigenvalue weighted by Crippen LogP contribution is -2.35. The van der Waals surface area contributed by atoms with Gasteiger partial charge in [0.05, 0.1) is 5.75 Å². The van der Waals surface area contributed by atoms with Gasteiger partial charge in [-0.1, -0.05) is 28.1 Å². The van der Waals surface area contributed by atoms with Gasteiger partial charge >= 0.3 is 0 Å². The third-order valence-corrected chi connectivity index (χ3v) is 4.27. The first-order chi connectivity index (χ1) is 7.43. The van der Waals surface area contributed by atoms with Crippen LogP contribution in [0.1, 0.15) is 19.4 Å². The highest BCUT2D eigenvalue weighted by Crippen LogP contribution is 2.12. The lowest BCUT2D eigenvalue weighted by atomic mass is 10.1. The summed E-state index contributed by atoms with van der Waals surface area (Å²) in [5.41, 5.74) is 1.12. The molecule has 5 heteroatoms. The molecule has 1 unspecified atom stereocenters. The normalized spacial score (nSPS) is 13.7. The molecule has 0 fully saturated rings. The average Bonchev–Trinajstić information content (AvgIpc) is 2.21. The predicted octanol–water partition coefficient (Wildman–Crippen LogP) is 2.32. The van der Waals surface area contributed by atoms with Crippen molar-refractivity contribution in [2.24, 2.45) is 0 Å². The number of rotatable bonds is 5. The SMILES string of the molecule is CCS(=O)(=O)NC(C)Cc1ccc(Br)cc1. The molecule has 0 aliphatic carbocycles. The van der Waals surface area contributed by atoms with E-state index < -0.39 is 10.0 Å². The van der Waals surface area contributed by atoms with Crippen LogP contribution in [-0.4, -0.2) is 20.2 Å². The maximum atomic E-state index is 11.3. The number of nitrogens with one attached hydrogen (secondary N) is 1. The van der Waals surface area contributed by atoms with Crippen LogP contribution >= 0.6 is 15.9 Å². The zero-order valence-corrected chi connectivity index (χ0v) is 11.8. The van der Waals surface area contributed by atoms with Gasteiger partial charge in [-0.15, -0.1) is 0 Å². The van der Waals surface area contributed by atoms with Gasteiger partial charge in [0.1, 0.15) is 0 Å². The zero-order valence-electron chi connectivity index (χ0n) is 9.40. The molecule has 0 radical (unpaired) electrons. The van der Waals surface area contributed by atoms with E-state index in [4.69, 9.17) is 0 Å². The van der Waals surface area contributed by atoms with Crippen LogP contribution in [0.2, 0.25) is 0 Å².